The maximum Gasteiger partial charge on any atom is 0.251 e. The lowest BCUT2D eigenvalue weighted by Gasteiger charge is -2.32. The van der Waals surface area contributed by atoms with Crippen LogP contribution in [0.5, 0.6) is 11.6 Å². The van der Waals surface area contributed by atoms with Crippen LogP contribution in [0, 0.1) is 6.92 Å². The van der Waals surface area contributed by atoms with E-state index < -0.39 is 6.10 Å². The number of amides is 2. The summed E-state index contributed by atoms with van der Waals surface area (Å²) in [5.74, 6) is 2.14. The summed E-state index contributed by atoms with van der Waals surface area (Å²) >= 11 is 0. The van der Waals surface area contributed by atoms with Gasteiger partial charge in [-0.1, -0.05) is 6.07 Å². The first kappa shape index (κ1) is 30.3. The number of piperidine rings is 1. The summed E-state index contributed by atoms with van der Waals surface area (Å²) in [6, 6.07) is 9.49. The average molecular weight is 593 g/mol. The second-order valence-electron chi connectivity index (χ2n) is 11.1. The summed E-state index contributed by atoms with van der Waals surface area (Å²) in [4.78, 5) is 37.2. The van der Waals surface area contributed by atoms with Gasteiger partial charge in [0, 0.05) is 63.9 Å². The SMILES string of the molecule is COc1cc(C(=O)NC[C@H](O)CN2CCc3cc(OCc4ocnc4C)ccc3C2)cc(NC2CCN(C(C)=O)CC2)n1. The van der Waals surface area contributed by atoms with Crippen molar-refractivity contribution in [2.75, 3.05) is 45.2 Å². The van der Waals surface area contributed by atoms with Crippen LogP contribution in [0.2, 0.25) is 0 Å². The van der Waals surface area contributed by atoms with Crippen molar-refractivity contribution in [3.8, 4) is 11.6 Å². The first-order chi connectivity index (χ1) is 20.8. The van der Waals surface area contributed by atoms with Gasteiger partial charge in [0.1, 0.15) is 18.2 Å². The molecular formula is C31H40N6O6. The summed E-state index contributed by atoms with van der Waals surface area (Å²) in [7, 11) is 1.51. The number of aliphatic hydroxyl groups excluding tert-OH is 1. The third-order valence-electron chi connectivity index (χ3n) is 8.02. The molecule has 12 heteroatoms. The Labute approximate surface area is 251 Å². The molecule has 0 unspecified atom stereocenters. The van der Waals surface area contributed by atoms with Crippen molar-refractivity contribution in [2.45, 2.75) is 58.4 Å². The van der Waals surface area contributed by atoms with E-state index in [1.54, 1.807) is 19.1 Å². The van der Waals surface area contributed by atoms with Crippen molar-refractivity contribution < 1.29 is 28.6 Å². The Morgan fingerprint density at radius 3 is 2.70 bits per heavy atom. The number of nitrogens with zero attached hydrogens (tertiary/aromatic N) is 4. The minimum absolute atomic E-state index is 0.0825. The van der Waals surface area contributed by atoms with E-state index in [1.165, 1.54) is 24.6 Å². The number of methoxy groups -OCH3 is 1. The molecule has 2 aliphatic heterocycles. The van der Waals surface area contributed by atoms with E-state index in [4.69, 9.17) is 13.9 Å². The number of oxazole rings is 1. The molecule has 3 N–H and O–H groups in total. The molecule has 0 radical (unpaired) electrons. The largest absolute Gasteiger partial charge is 0.486 e. The first-order valence-electron chi connectivity index (χ1n) is 14.7. The van der Waals surface area contributed by atoms with Gasteiger partial charge in [0.05, 0.1) is 18.9 Å². The zero-order valence-corrected chi connectivity index (χ0v) is 25.0. The molecule has 0 bridgehead atoms. The van der Waals surface area contributed by atoms with Crippen LogP contribution in [0.15, 0.2) is 41.1 Å². The molecule has 43 heavy (non-hydrogen) atoms. The smallest absolute Gasteiger partial charge is 0.251 e. The number of hydrogen-bond acceptors (Lipinski definition) is 10. The number of β-amino-alcohol motifs (C(OH)–C–C–N with tert-alkyl or cyclic N) is 1. The molecule has 4 heterocycles. The van der Waals surface area contributed by atoms with Gasteiger partial charge < -0.3 is 34.5 Å². The number of carbonyl (C=O) groups is 2. The Kier molecular flexibility index (Phi) is 9.78. The van der Waals surface area contributed by atoms with Gasteiger partial charge in [-0.25, -0.2) is 4.98 Å². The Hall–Kier alpha value is -4.16. The summed E-state index contributed by atoms with van der Waals surface area (Å²) in [6.45, 7) is 7.24. The van der Waals surface area contributed by atoms with Crippen LogP contribution in [0.25, 0.3) is 0 Å². The Morgan fingerprint density at radius 1 is 1.16 bits per heavy atom. The zero-order chi connectivity index (χ0) is 30.3. The minimum Gasteiger partial charge on any atom is -0.486 e. The Morgan fingerprint density at radius 2 is 1.98 bits per heavy atom. The summed E-state index contributed by atoms with van der Waals surface area (Å²) in [6.07, 6.45) is 3.12. The number of fused-ring (bicyclic) bond motifs is 1. The molecule has 230 valence electrons. The van der Waals surface area contributed by atoms with Crippen LogP contribution in [-0.2, 0) is 24.4 Å². The lowest BCUT2D eigenvalue weighted by atomic mass is 9.99. The zero-order valence-electron chi connectivity index (χ0n) is 25.0. The van der Waals surface area contributed by atoms with E-state index >= 15 is 0 Å². The standard InChI is InChI=1S/C31H40N6O6/c1-20-28(43-19-33-20)18-42-27-5-4-23-16-36(9-6-22(23)12-27)17-26(39)15-32-31(40)24-13-29(35-30(14-24)41-3)34-25-7-10-37(11-8-25)21(2)38/h4-5,12-14,19,25-26,39H,6-11,15-18H2,1-3H3,(H,32,40)(H,34,35)/t26-/m0/s1. The molecule has 1 fully saturated rings. The quantitative estimate of drug-likeness (QED) is 0.304. The predicted molar refractivity (Wildman–Crippen MR) is 159 cm³/mol. The third-order valence-corrected chi connectivity index (χ3v) is 8.02. The fourth-order valence-electron chi connectivity index (χ4n) is 5.48. The van der Waals surface area contributed by atoms with Crippen LogP contribution < -0.4 is 20.1 Å². The van der Waals surface area contributed by atoms with Crippen LogP contribution in [0.3, 0.4) is 0 Å². The summed E-state index contributed by atoms with van der Waals surface area (Å²) < 4.78 is 16.6. The number of nitrogens with one attached hydrogen (secondary N) is 2. The minimum atomic E-state index is -0.731. The molecular weight excluding hydrogens is 552 g/mol. The monoisotopic (exact) mass is 592 g/mol. The molecule has 1 saturated heterocycles. The topological polar surface area (TPSA) is 142 Å². The van der Waals surface area contributed by atoms with E-state index in [0.29, 0.717) is 55.8 Å². The van der Waals surface area contributed by atoms with E-state index in [1.807, 2.05) is 17.9 Å². The van der Waals surface area contributed by atoms with E-state index in [2.05, 4.69) is 37.6 Å². The predicted octanol–water partition coefficient (Wildman–Crippen LogP) is 2.54. The second kappa shape index (κ2) is 13.9. The molecule has 0 aliphatic carbocycles. The fraction of sp³-hybridized carbons (Fsp3) is 0.484. The average Bonchev–Trinajstić information content (AvgIpc) is 3.43. The van der Waals surface area contributed by atoms with Crippen LogP contribution in [-0.4, -0.2) is 88.7 Å². The molecule has 0 spiro atoms. The number of carbonyl (C=O) groups excluding carboxylic acids is 2. The van der Waals surface area contributed by atoms with Crippen molar-refractivity contribution in [2.24, 2.45) is 0 Å². The summed E-state index contributed by atoms with van der Waals surface area (Å²) in [5.41, 5.74) is 3.64. The van der Waals surface area contributed by atoms with E-state index in [9.17, 15) is 14.7 Å². The fourth-order valence-corrected chi connectivity index (χ4v) is 5.48. The number of pyridine rings is 1. The highest BCUT2D eigenvalue weighted by atomic mass is 16.5. The highest BCUT2D eigenvalue weighted by Gasteiger charge is 2.23. The summed E-state index contributed by atoms with van der Waals surface area (Å²) in [5, 5.41) is 17.0. The van der Waals surface area contributed by atoms with Gasteiger partial charge in [-0.15, -0.1) is 0 Å². The molecule has 12 nitrogen and oxygen atoms in total. The van der Waals surface area contributed by atoms with Gasteiger partial charge in [-0.2, -0.15) is 4.98 Å². The number of aromatic nitrogens is 2. The van der Waals surface area contributed by atoms with Gasteiger partial charge in [-0.05, 0) is 55.5 Å². The van der Waals surface area contributed by atoms with E-state index in [-0.39, 0.29) is 24.4 Å². The van der Waals surface area contributed by atoms with Gasteiger partial charge in [0.15, 0.2) is 12.2 Å². The molecule has 3 aromatic rings. The van der Waals surface area contributed by atoms with Crippen molar-refractivity contribution >= 4 is 17.6 Å². The maximum atomic E-state index is 13.0. The molecule has 0 saturated carbocycles. The van der Waals surface area contributed by atoms with Crippen molar-refractivity contribution in [3.63, 3.8) is 0 Å². The Bertz CT molecular complexity index is 1420. The highest BCUT2D eigenvalue weighted by molar-refractivity contribution is 5.95. The third kappa shape index (κ3) is 8.02. The van der Waals surface area contributed by atoms with Crippen molar-refractivity contribution in [3.05, 3.63) is 64.9 Å². The lowest BCUT2D eigenvalue weighted by molar-refractivity contribution is -0.129. The van der Waals surface area contributed by atoms with Crippen molar-refractivity contribution in [1.82, 2.24) is 25.1 Å². The lowest BCUT2D eigenvalue weighted by Crippen LogP contribution is -2.42. The molecule has 1 atom stereocenters. The number of ether oxygens (including phenoxy) is 2. The first-order valence-corrected chi connectivity index (χ1v) is 14.7. The van der Waals surface area contributed by atoms with Gasteiger partial charge in [0.25, 0.3) is 5.91 Å². The van der Waals surface area contributed by atoms with E-state index in [0.717, 1.165) is 37.3 Å². The van der Waals surface area contributed by atoms with Crippen LogP contribution in [0.4, 0.5) is 5.82 Å². The molecule has 5 rings (SSSR count). The van der Waals surface area contributed by atoms with Crippen LogP contribution >= 0.6 is 0 Å². The van der Waals surface area contributed by atoms with Gasteiger partial charge in [-0.3, -0.25) is 14.5 Å². The normalized spacial score (nSPS) is 16.3. The molecule has 2 aliphatic rings. The number of likely N-dealkylation sites (tertiary alicyclic amines) is 1. The highest BCUT2D eigenvalue weighted by Crippen LogP contribution is 2.25. The number of aliphatic hydroxyl groups is 1. The number of benzene rings is 1. The number of aryl methyl sites for hydroxylation is 1. The van der Waals surface area contributed by atoms with Gasteiger partial charge in [0.2, 0.25) is 11.8 Å². The number of hydrogen-bond donors (Lipinski definition) is 3. The van der Waals surface area contributed by atoms with Gasteiger partial charge >= 0.3 is 0 Å². The van der Waals surface area contributed by atoms with Crippen molar-refractivity contribution in [1.29, 1.82) is 0 Å². The molecule has 2 amide bonds. The van der Waals surface area contributed by atoms with Crippen LogP contribution in [0.1, 0.15) is 52.7 Å². The Balaban J connectivity index is 1.09. The molecule has 2 aromatic heterocycles. The molecule has 1 aromatic carbocycles. The number of rotatable bonds is 11. The maximum absolute atomic E-state index is 13.0. The number of anilines is 1. The second-order valence-corrected chi connectivity index (χ2v) is 11.1.